The van der Waals surface area contributed by atoms with Crippen molar-refractivity contribution in [3.63, 3.8) is 0 Å². The van der Waals surface area contributed by atoms with Crippen LogP contribution in [0.4, 0.5) is 0 Å². The molecular weight excluding hydrogens is 256 g/mol. The van der Waals surface area contributed by atoms with Crippen molar-refractivity contribution in [2.45, 2.75) is 19.9 Å². The number of nitrogens with zero attached hydrogens (tertiary/aromatic N) is 1. The van der Waals surface area contributed by atoms with Crippen LogP contribution in [0.3, 0.4) is 0 Å². The van der Waals surface area contributed by atoms with Gasteiger partial charge < -0.3 is 5.32 Å². The Balaban J connectivity index is 2.18. The van der Waals surface area contributed by atoms with Crippen molar-refractivity contribution in [2.24, 2.45) is 0 Å². The summed E-state index contributed by atoms with van der Waals surface area (Å²) in [4.78, 5) is 4.46. The first-order chi connectivity index (χ1) is 10.2. The number of hydrogen-bond donors (Lipinski definition) is 1. The van der Waals surface area contributed by atoms with Crippen LogP contribution in [-0.2, 0) is 0 Å². The average Bonchev–Trinajstić information content (AvgIpc) is 2.50. The van der Waals surface area contributed by atoms with Gasteiger partial charge in [0.15, 0.2) is 0 Å². The van der Waals surface area contributed by atoms with Gasteiger partial charge in [-0.1, -0.05) is 42.0 Å². The van der Waals surface area contributed by atoms with E-state index in [9.17, 15) is 0 Å². The second kappa shape index (κ2) is 5.66. The molecule has 106 valence electrons. The highest BCUT2D eigenvalue weighted by molar-refractivity contribution is 5.83. The maximum Gasteiger partial charge on any atom is 0.0705 e. The summed E-state index contributed by atoms with van der Waals surface area (Å²) < 4.78 is 0. The Morgan fingerprint density at radius 1 is 0.952 bits per heavy atom. The standard InChI is InChI=1S/C19H20N2/c1-13-9-10-15(14(2)12-13)19(20-3)17-6-4-8-18-16(17)7-5-11-21-18/h4-12,19-20H,1-3H3. The molecule has 1 N–H and O–H groups in total. The zero-order chi connectivity index (χ0) is 14.8. The lowest BCUT2D eigenvalue weighted by Gasteiger charge is -2.21. The third kappa shape index (κ3) is 2.55. The van der Waals surface area contributed by atoms with Gasteiger partial charge in [0.25, 0.3) is 0 Å². The van der Waals surface area contributed by atoms with Crippen molar-refractivity contribution in [3.05, 3.63) is 77.0 Å². The van der Waals surface area contributed by atoms with E-state index < -0.39 is 0 Å². The maximum atomic E-state index is 4.46. The first-order valence-electron chi connectivity index (χ1n) is 7.29. The van der Waals surface area contributed by atoms with Gasteiger partial charge >= 0.3 is 0 Å². The molecule has 1 unspecified atom stereocenters. The van der Waals surface area contributed by atoms with E-state index in [1.54, 1.807) is 0 Å². The molecule has 0 amide bonds. The summed E-state index contributed by atoms with van der Waals surface area (Å²) in [6.07, 6.45) is 1.84. The molecule has 21 heavy (non-hydrogen) atoms. The molecule has 2 nitrogen and oxygen atoms in total. The number of nitrogens with one attached hydrogen (secondary N) is 1. The summed E-state index contributed by atoms with van der Waals surface area (Å²) >= 11 is 0. The lowest BCUT2D eigenvalue weighted by Crippen LogP contribution is -2.19. The predicted molar refractivity (Wildman–Crippen MR) is 88.6 cm³/mol. The zero-order valence-corrected chi connectivity index (χ0v) is 12.7. The molecule has 0 spiro atoms. The van der Waals surface area contributed by atoms with Crippen LogP contribution in [0.2, 0.25) is 0 Å². The minimum atomic E-state index is 0.179. The smallest absolute Gasteiger partial charge is 0.0705 e. The Morgan fingerprint density at radius 2 is 1.81 bits per heavy atom. The van der Waals surface area contributed by atoms with Gasteiger partial charge in [-0.3, -0.25) is 4.98 Å². The molecule has 0 bridgehead atoms. The Morgan fingerprint density at radius 3 is 2.57 bits per heavy atom. The van der Waals surface area contributed by atoms with E-state index in [0.717, 1.165) is 5.52 Å². The van der Waals surface area contributed by atoms with E-state index in [-0.39, 0.29) is 6.04 Å². The SMILES string of the molecule is CNC(c1ccc(C)cc1C)c1cccc2ncccc12. The second-order valence-electron chi connectivity index (χ2n) is 5.50. The van der Waals surface area contributed by atoms with E-state index in [0.29, 0.717) is 0 Å². The molecule has 0 fully saturated rings. The van der Waals surface area contributed by atoms with Gasteiger partial charge in [-0.2, -0.15) is 0 Å². The predicted octanol–water partition coefficient (Wildman–Crippen LogP) is 4.16. The average molecular weight is 276 g/mol. The van der Waals surface area contributed by atoms with E-state index >= 15 is 0 Å². The van der Waals surface area contributed by atoms with Crippen LogP contribution in [-0.4, -0.2) is 12.0 Å². The number of fused-ring (bicyclic) bond motifs is 1. The van der Waals surface area contributed by atoms with Crippen LogP contribution < -0.4 is 5.32 Å². The molecule has 3 rings (SSSR count). The normalized spacial score (nSPS) is 12.5. The number of aryl methyl sites for hydroxylation is 2. The van der Waals surface area contributed by atoms with Crippen molar-refractivity contribution in [3.8, 4) is 0 Å². The molecule has 2 heteroatoms. The molecule has 3 aromatic rings. The monoisotopic (exact) mass is 276 g/mol. The Hall–Kier alpha value is -2.19. The zero-order valence-electron chi connectivity index (χ0n) is 12.7. The van der Waals surface area contributed by atoms with Crippen LogP contribution in [0.1, 0.15) is 28.3 Å². The molecule has 0 aliphatic heterocycles. The first-order valence-corrected chi connectivity index (χ1v) is 7.29. The van der Waals surface area contributed by atoms with Crippen molar-refractivity contribution in [1.82, 2.24) is 10.3 Å². The summed E-state index contributed by atoms with van der Waals surface area (Å²) in [6.45, 7) is 4.31. The van der Waals surface area contributed by atoms with Crippen LogP contribution in [0.15, 0.2) is 54.7 Å². The minimum absolute atomic E-state index is 0.179. The summed E-state index contributed by atoms with van der Waals surface area (Å²) in [5.41, 5.74) is 6.25. The third-order valence-electron chi connectivity index (χ3n) is 4.02. The molecule has 0 aliphatic carbocycles. The minimum Gasteiger partial charge on any atom is -0.309 e. The van der Waals surface area contributed by atoms with Gasteiger partial charge in [0, 0.05) is 11.6 Å². The first kappa shape index (κ1) is 13.8. The summed E-state index contributed by atoms with van der Waals surface area (Å²) in [7, 11) is 2.01. The topological polar surface area (TPSA) is 24.9 Å². The van der Waals surface area contributed by atoms with Crippen LogP contribution >= 0.6 is 0 Å². The Kier molecular flexibility index (Phi) is 3.72. The maximum absolute atomic E-state index is 4.46. The summed E-state index contributed by atoms with van der Waals surface area (Å²) in [5, 5.41) is 4.67. The van der Waals surface area contributed by atoms with Crippen LogP contribution in [0, 0.1) is 13.8 Å². The van der Waals surface area contributed by atoms with Crippen LogP contribution in [0.5, 0.6) is 0 Å². The highest BCUT2D eigenvalue weighted by atomic mass is 14.9. The van der Waals surface area contributed by atoms with E-state index in [1.807, 2.05) is 19.3 Å². The highest BCUT2D eigenvalue weighted by Gasteiger charge is 2.16. The van der Waals surface area contributed by atoms with E-state index in [2.05, 4.69) is 66.6 Å². The number of benzene rings is 2. The fourth-order valence-corrected chi connectivity index (χ4v) is 3.01. The van der Waals surface area contributed by atoms with Gasteiger partial charge in [0.2, 0.25) is 0 Å². The van der Waals surface area contributed by atoms with Crippen molar-refractivity contribution >= 4 is 10.9 Å². The summed E-state index contributed by atoms with van der Waals surface area (Å²) in [6, 6.07) is 17.3. The number of aromatic nitrogens is 1. The lowest BCUT2D eigenvalue weighted by molar-refractivity contribution is 0.692. The molecule has 0 aliphatic rings. The van der Waals surface area contributed by atoms with Crippen molar-refractivity contribution in [2.75, 3.05) is 7.05 Å². The van der Waals surface area contributed by atoms with Gasteiger partial charge in [-0.15, -0.1) is 0 Å². The molecule has 0 saturated carbocycles. The largest absolute Gasteiger partial charge is 0.309 e. The van der Waals surface area contributed by atoms with Crippen molar-refractivity contribution in [1.29, 1.82) is 0 Å². The van der Waals surface area contributed by atoms with Gasteiger partial charge in [0.05, 0.1) is 11.6 Å². The molecule has 0 saturated heterocycles. The molecular formula is C19H20N2. The lowest BCUT2D eigenvalue weighted by atomic mass is 9.92. The molecule has 0 radical (unpaired) electrons. The number of pyridine rings is 1. The molecule has 1 aromatic heterocycles. The molecule has 1 atom stereocenters. The molecule has 2 aromatic carbocycles. The number of hydrogen-bond acceptors (Lipinski definition) is 2. The van der Waals surface area contributed by atoms with Gasteiger partial charge in [0.1, 0.15) is 0 Å². The third-order valence-corrected chi connectivity index (χ3v) is 4.02. The highest BCUT2D eigenvalue weighted by Crippen LogP contribution is 2.30. The van der Waals surface area contributed by atoms with Crippen molar-refractivity contribution < 1.29 is 0 Å². The quantitative estimate of drug-likeness (QED) is 0.777. The van der Waals surface area contributed by atoms with Crippen LogP contribution in [0.25, 0.3) is 10.9 Å². The second-order valence-corrected chi connectivity index (χ2v) is 5.50. The van der Waals surface area contributed by atoms with Gasteiger partial charge in [-0.05, 0) is 49.7 Å². The van der Waals surface area contributed by atoms with E-state index in [4.69, 9.17) is 0 Å². The Bertz CT molecular complexity index is 772. The fraction of sp³-hybridized carbons (Fsp3) is 0.211. The fourth-order valence-electron chi connectivity index (χ4n) is 3.01. The Labute approximate surface area is 125 Å². The van der Waals surface area contributed by atoms with Gasteiger partial charge in [-0.25, -0.2) is 0 Å². The van der Waals surface area contributed by atoms with E-state index in [1.165, 1.54) is 27.6 Å². The molecule has 1 heterocycles. The number of rotatable bonds is 3. The summed E-state index contributed by atoms with van der Waals surface area (Å²) in [5.74, 6) is 0.